The molecule has 0 saturated heterocycles. The van der Waals surface area contributed by atoms with Crippen molar-refractivity contribution in [2.24, 2.45) is 0 Å². The van der Waals surface area contributed by atoms with E-state index in [1.165, 1.54) is 6.08 Å². The van der Waals surface area contributed by atoms with Crippen molar-refractivity contribution in [2.75, 3.05) is 0 Å². The molecule has 0 amide bonds. The van der Waals surface area contributed by atoms with Gasteiger partial charge in [-0.05, 0) is 42.1 Å². The molecule has 1 aliphatic carbocycles. The SMILES string of the molecule is O=C(Cl)C1=CCCC(C(=O)Cl)=C1. The van der Waals surface area contributed by atoms with Crippen molar-refractivity contribution in [2.45, 2.75) is 12.8 Å². The van der Waals surface area contributed by atoms with Gasteiger partial charge in [-0.25, -0.2) is 0 Å². The Morgan fingerprint density at radius 1 is 1.25 bits per heavy atom. The normalized spacial score (nSPS) is 16.5. The van der Waals surface area contributed by atoms with Gasteiger partial charge in [-0.15, -0.1) is 0 Å². The van der Waals surface area contributed by atoms with E-state index in [0.717, 1.165) is 0 Å². The Balaban J connectivity index is 2.88. The summed E-state index contributed by atoms with van der Waals surface area (Å²) in [6, 6.07) is 0. The predicted molar refractivity (Wildman–Crippen MR) is 47.1 cm³/mol. The topological polar surface area (TPSA) is 34.1 Å². The van der Waals surface area contributed by atoms with Gasteiger partial charge in [0.1, 0.15) is 0 Å². The highest BCUT2D eigenvalue weighted by molar-refractivity contribution is 6.69. The molecule has 4 heteroatoms. The van der Waals surface area contributed by atoms with E-state index in [-0.39, 0.29) is 0 Å². The van der Waals surface area contributed by atoms with Crippen LogP contribution in [0.3, 0.4) is 0 Å². The molecule has 0 N–H and O–H groups in total. The lowest BCUT2D eigenvalue weighted by Gasteiger charge is -2.06. The van der Waals surface area contributed by atoms with Gasteiger partial charge in [-0.3, -0.25) is 9.59 Å². The molecule has 0 radical (unpaired) electrons. The van der Waals surface area contributed by atoms with Crippen LogP contribution in [0.2, 0.25) is 0 Å². The number of allylic oxidation sites excluding steroid dienone is 4. The number of halogens is 2. The third kappa shape index (κ3) is 2.19. The fraction of sp³-hybridized carbons (Fsp3) is 0.250. The van der Waals surface area contributed by atoms with Crippen LogP contribution in [0.25, 0.3) is 0 Å². The zero-order valence-electron chi connectivity index (χ0n) is 6.14. The Bertz CT molecular complexity index is 289. The van der Waals surface area contributed by atoms with Gasteiger partial charge in [0.05, 0.1) is 0 Å². The molecule has 1 aliphatic rings. The van der Waals surface area contributed by atoms with Crippen molar-refractivity contribution >= 4 is 33.7 Å². The maximum atomic E-state index is 10.7. The van der Waals surface area contributed by atoms with Gasteiger partial charge in [0.15, 0.2) is 0 Å². The molecule has 0 unspecified atom stereocenters. The molecule has 0 heterocycles. The smallest absolute Gasteiger partial charge is 0.252 e. The molecule has 0 aromatic carbocycles. The molecule has 0 atom stereocenters. The van der Waals surface area contributed by atoms with E-state index in [2.05, 4.69) is 0 Å². The molecule has 1 rings (SSSR count). The molecular weight excluding hydrogens is 199 g/mol. The highest BCUT2D eigenvalue weighted by Gasteiger charge is 2.13. The van der Waals surface area contributed by atoms with Gasteiger partial charge in [0, 0.05) is 11.1 Å². The lowest BCUT2D eigenvalue weighted by Crippen LogP contribution is -2.02. The summed E-state index contributed by atoms with van der Waals surface area (Å²) in [5, 5.41) is -1.07. The van der Waals surface area contributed by atoms with Crippen LogP contribution in [-0.2, 0) is 9.59 Å². The standard InChI is InChI=1S/C8H6Cl2O2/c9-7(11)5-2-1-3-6(4-5)8(10)12/h2,4H,1,3H2. The van der Waals surface area contributed by atoms with Crippen LogP contribution in [0.15, 0.2) is 23.3 Å². The number of hydrogen-bond donors (Lipinski definition) is 0. The molecular formula is C8H6Cl2O2. The fourth-order valence-corrected chi connectivity index (χ4v) is 1.27. The number of carbonyl (C=O) groups excluding carboxylic acids is 2. The Morgan fingerprint density at radius 3 is 2.42 bits per heavy atom. The third-order valence-corrected chi connectivity index (χ3v) is 2.05. The summed E-state index contributed by atoms with van der Waals surface area (Å²) in [6.45, 7) is 0. The minimum Gasteiger partial charge on any atom is -0.276 e. The van der Waals surface area contributed by atoms with Crippen molar-refractivity contribution in [3.8, 4) is 0 Å². The summed E-state index contributed by atoms with van der Waals surface area (Å²) >= 11 is 10.5. The Hall–Kier alpha value is -0.600. The van der Waals surface area contributed by atoms with Crippen molar-refractivity contribution in [3.05, 3.63) is 23.3 Å². The van der Waals surface area contributed by atoms with E-state index in [4.69, 9.17) is 23.2 Å². The number of hydrogen-bond acceptors (Lipinski definition) is 2. The second-order valence-corrected chi connectivity index (χ2v) is 3.10. The zero-order valence-corrected chi connectivity index (χ0v) is 7.65. The van der Waals surface area contributed by atoms with Crippen molar-refractivity contribution < 1.29 is 9.59 Å². The molecule has 0 aromatic rings. The third-order valence-electron chi connectivity index (χ3n) is 1.59. The Labute approximate surface area is 79.8 Å². The fourth-order valence-electron chi connectivity index (χ4n) is 0.994. The maximum Gasteiger partial charge on any atom is 0.252 e. The summed E-state index contributed by atoms with van der Waals surface area (Å²) in [7, 11) is 0. The van der Waals surface area contributed by atoms with Crippen LogP contribution in [0.4, 0.5) is 0 Å². The van der Waals surface area contributed by atoms with Gasteiger partial charge >= 0.3 is 0 Å². The van der Waals surface area contributed by atoms with Crippen LogP contribution in [0, 0.1) is 0 Å². The van der Waals surface area contributed by atoms with Gasteiger partial charge in [0.25, 0.3) is 5.24 Å². The van der Waals surface area contributed by atoms with Crippen LogP contribution in [0.1, 0.15) is 12.8 Å². The summed E-state index contributed by atoms with van der Waals surface area (Å²) in [4.78, 5) is 21.3. The Kier molecular flexibility index (Phi) is 3.06. The summed E-state index contributed by atoms with van der Waals surface area (Å²) in [5.41, 5.74) is 0.801. The summed E-state index contributed by atoms with van der Waals surface area (Å²) in [6.07, 6.45) is 4.35. The van der Waals surface area contributed by atoms with Crippen LogP contribution >= 0.6 is 23.2 Å². The van der Waals surface area contributed by atoms with E-state index in [0.29, 0.717) is 24.0 Å². The monoisotopic (exact) mass is 204 g/mol. The second kappa shape index (κ2) is 3.87. The predicted octanol–water partition coefficient (Wildman–Crippen LogP) is 2.16. The average Bonchev–Trinajstić information content (AvgIpc) is 2.04. The first-order chi connectivity index (χ1) is 5.61. The van der Waals surface area contributed by atoms with E-state index in [9.17, 15) is 9.59 Å². The summed E-state index contributed by atoms with van der Waals surface area (Å²) < 4.78 is 0. The molecule has 0 aromatic heterocycles. The minimum atomic E-state index is -0.551. The van der Waals surface area contributed by atoms with Gasteiger partial charge in [0.2, 0.25) is 5.24 Å². The quantitative estimate of drug-likeness (QED) is 0.647. The molecule has 64 valence electrons. The van der Waals surface area contributed by atoms with Crippen LogP contribution < -0.4 is 0 Å². The van der Waals surface area contributed by atoms with E-state index in [1.807, 2.05) is 0 Å². The van der Waals surface area contributed by atoms with Crippen LogP contribution in [0.5, 0.6) is 0 Å². The molecule has 12 heavy (non-hydrogen) atoms. The highest BCUT2D eigenvalue weighted by atomic mass is 35.5. The zero-order chi connectivity index (χ0) is 9.14. The first kappa shape index (κ1) is 9.49. The van der Waals surface area contributed by atoms with Gasteiger partial charge in [-0.2, -0.15) is 0 Å². The van der Waals surface area contributed by atoms with Crippen LogP contribution in [-0.4, -0.2) is 10.5 Å². The number of carbonyl (C=O) groups is 2. The number of rotatable bonds is 2. The van der Waals surface area contributed by atoms with Crippen molar-refractivity contribution in [1.29, 1.82) is 0 Å². The molecule has 0 spiro atoms. The summed E-state index contributed by atoms with van der Waals surface area (Å²) in [5.74, 6) is 0. The van der Waals surface area contributed by atoms with E-state index >= 15 is 0 Å². The molecule has 0 fully saturated rings. The van der Waals surface area contributed by atoms with Crippen molar-refractivity contribution in [3.63, 3.8) is 0 Å². The van der Waals surface area contributed by atoms with Gasteiger partial charge in [-0.1, -0.05) is 6.08 Å². The minimum absolute atomic E-state index is 0.354. The lowest BCUT2D eigenvalue weighted by molar-refractivity contribution is -0.108. The first-order valence-electron chi connectivity index (χ1n) is 3.41. The van der Waals surface area contributed by atoms with Crippen molar-refractivity contribution in [1.82, 2.24) is 0 Å². The Morgan fingerprint density at radius 2 is 1.92 bits per heavy atom. The van der Waals surface area contributed by atoms with Gasteiger partial charge < -0.3 is 0 Å². The van der Waals surface area contributed by atoms with E-state index in [1.54, 1.807) is 6.08 Å². The molecule has 0 saturated carbocycles. The molecule has 0 bridgehead atoms. The average molecular weight is 205 g/mol. The van der Waals surface area contributed by atoms with E-state index < -0.39 is 10.5 Å². The molecule has 0 aliphatic heterocycles. The highest BCUT2D eigenvalue weighted by Crippen LogP contribution is 2.20. The largest absolute Gasteiger partial charge is 0.276 e. The first-order valence-corrected chi connectivity index (χ1v) is 4.17. The molecule has 2 nitrogen and oxygen atoms in total. The second-order valence-electron chi connectivity index (χ2n) is 2.42. The lowest BCUT2D eigenvalue weighted by atomic mass is 10.0. The maximum absolute atomic E-state index is 10.7.